The second-order valence-electron chi connectivity index (χ2n) is 0.352. The minimum absolute atomic E-state index is 0. The largest absolute Gasteiger partial charge is 0.418 e. The Morgan fingerprint density at radius 1 is 1.80 bits per heavy atom. The van der Waals surface area contributed by atoms with Gasteiger partial charge in [0.1, 0.15) is 0 Å². The molecule has 0 aromatic heterocycles. The predicted molar refractivity (Wildman–Crippen MR) is 18.3 cm³/mol. The molecule has 0 aliphatic carbocycles. The van der Waals surface area contributed by atoms with Crippen molar-refractivity contribution in [2.24, 2.45) is 0 Å². The van der Waals surface area contributed by atoms with Gasteiger partial charge in [0.05, 0.1) is 0 Å². The fraction of sp³-hybridized carbons (Fsp3) is 0. The van der Waals surface area contributed by atoms with Crippen LogP contribution in [0.5, 0.6) is 0 Å². The number of rotatable bonds is 0. The number of hydrogen-bond donors (Lipinski definition) is 1. The first-order valence-electron chi connectivity index (χ1n) is 0.699. The summed E-state index contributed by atoms with van der Waals surface area (Å²) < 4.78 is 0. The summed E-state index contributed by atoms with van der Waals surface area (Å²) in [6, 6.07) is 0. The van der Waals surface area contributed by atoms with Crippen LogP contribution in [0.2, 0.25) is 0 Å². The van der Waals surface area contributed by atoms with Crippen LogP contribution in [0, 0.1) is 5.21 Å². The summed E-state index contributed by atoms with van der Waals surface area (Å²) in [4.78, 5) is -0.500. The fourth-order valence-corrected chi connectivity index (χ4v) is 0. The van der Waals surface area contributed by atoms with Crippen LogP contribution < -0.4 is 0 Å². The van der Waals surface area contributed by atoms with Gasteiger partial charge in [-0.1, -0.05) is 0 Å². The van der Waals surface area contributed by atoms with E-state index in [4.69, 9.17) is 10.4 Å². The van der Waals surface area contributed by atoms with Crippen molar-refractivity contribution in [3.05, 3.63) is 5.21 Å². The minimum Gasteiger partial charge on any atom is -0.418 e. The van der Waals surface area contributed by atoms with Gasteiger partial charge in [-0.15, -0.1) is 0 Å². The van der Waals surface area contributed by atoms with Gasteiger partial charge in [-0.05, 0) is 0 Å². The Morgan fingerprint density at radius 2 is 1.80 bits per heavy atom. The third-order valence-electron chi connectivity index (χ3n) is 0. The maximum Gasteiger partial charge on any atom is 0.197 e. The van der Waals surface area contributed by atoms with E-state index in [0.29, 0.717) is 0 Å². The molecule has 0 saturated carbocycles. The molecule has 0 heterocycles. The van der Waals surface area contributed by atoms with Crippen LogP contribution in [0.1, 0.15) is 0 Å². The van der Waals surface area contributed by atoms with Crippen molar-refractivity contribution in [2.45, 2.75) is 0 Å². The summed E-state index contributed by atoms with van der Waals surface area (Å²) in [6.07, 6.45) is 0. The molecular formula is CH3KNO2. The molecule has 0 saturated heterocycles. The van der Waals surface area contributed by atoms with Crippen molar-refractivity contribution in [1.29, 1.82) is 0 Å². The second-order valence-corrected chi connectivity index (χ2v) is 0.352. The summed E-state index contributed by atoms with van der Waals surface area (Å²) in [6.45, 7) is 2.47. The van der Waals surface area contributed by atoms with E-state index in [1.54, 1.807) is 0 Å². The molecule has 4 heteroatoms. The molecule has 0 bridgehead atoms. The van der Waals surface area contributed by atoms with Gasteiger partial charge in [-0.2, -0.15) is 0 Å². The van der Waals surface area contributed by atoms with Crippen LogP contribution in [0.4, 0.5) is 0 Å². The van der Waals surface area contributed by atoms with Crippen LogP contribution in [0.25, 0.3) is 0 Å². The van der Waals surface area contributed by atoms with E-state index >= 15 is 0 Å². The Balaban J connectivity index is 0. The zero-order valence-corrected chi connectivity index (χ0v) is 6.13. The summed E-state index contributed by atoms with van der Waals surface area (Å²) in [7, 11) is 0. The van der Waals surface area contributed by atoms with Crippen molar-refractivity contribution in [2.75, 3.05) is 0 Å². The molecule has 3 nitrogen and oxygen atoms in total. The van der Waals surface area contributed by atoms with Gasteiger partial charge < -0.3 is 5.21 Å². The molecule has 1 radical (unpaired) electrons. The monoisotopic (exact) mass is 100.0 g/mol. The molecule has 0 amide bonds. The van der Waals surface area contributed by atoms with Gasteiger partial charge in [0.2, 0.25) is 0 Å². The summed E-state index contributed by atoms with van der Waals surface area (Å²) in [5.41, 5.74) is 0. The Bertz CT molecular complexity index is 32.6. The van der Waals surface area contributed by atoms with Crippen LogP contribution in [-0.2, 0) is 0 Å². The molecular weight excluding hydrogens is 97.1 g/mol. The van der Waals surface area contributed by atoms with E-state index in [1.165, 1.54) is 0 Å². The standard InChI is InChI=1S/CH3NO2.K/c1-2(3)4;/h1H2,(H,3,4);. The molecule has 25 valence electrons. The van der Waals surface area contributed by atoms with Crippen molar-refractivity contribution in [3.63, 3.8) is 0 Å². The van der Waals surface area contributed by atoms with Crippen LogP contribution in [0.15, 0.2) is 0 Å². The zero-order chi connectivity index (χ0) is 3.58. The van der Waals surface area contributed by atoms with Crippen molar-refractivity contribution in [1.82, 2.24) is 0 Å². The van der Waals surface area contributed by atoms with Crippen LogP contribution in [0.3, 0.4) is 0 Å². The summed E-state index contributed by atoms with van der Waals surface area (Å²) in [5, 5.41) is 16.0. The molecule has 5 heavy (non-hydrogen) atoms. The smallest absolute Gasteiger partial charge is 0.197 e. The minimum atomic E-state index is -0.500. The molecule has 0 fully saturated rings. The Labute approximate surface area is 72.3 Å². The molecule has 0 spiro atoms. The van der Waals surface area contributed by atoms with Crippen molar-refractivity contribution in [3.8, 4) is 0 Å². The van der Waals surface area contributed by atoms with Gasteiger partial charge in [0.25, 0.3) is 0 Å². The van der Waals surface area contributed by atoms with E-state index in [1.807, 2.05) is 0 Å². The first kappa shape index (κ1) is 9.32. The molecule has 0 unspecified atom stereocenters. The molecule has 0 aliphatic rings. The van der Waals surface area contributed by atoms with Gasteiger partial charge in [0, 0.05) is 56.3 Å². The van der Waals surface area contributed by atoms with Crippen molar-refractivity contribution >= 4 is 58.1 Å². The number of nitrogens with zero attached hydrogens (tertiary/aromatic N) is 1. The average molecular weight is 100 g/mol. The molecule has 0 aromatic rings. The molecule has 0 rings (SSSR count). The third-order valence-corrected chi connectivity index (χ3v) is 0. The van der Waals surface area contributed by atoms with Crippen LogP contribution in [-0.4, -0.2) is 68.2 Å². The maximum atomic E-state index is 8.81. The number of hydrogen-bond acceptors (Lipinski definition) is 2. The molecule has 0 atom stereocenters. The predicted octanol–water partition coefficient (Wildman–Crippen LogP) is -0.794. The van der Waals surface area contributed by atoms with E-state index in [-0.39, 0.29) is 51.4 Å². The second kappa shape index (κ2) is 4.91. The third kappa shape index (κ3) is 50.4. The topological polar surface area (TPSA) is 46.3 Å². The summed E-state index contributed by atoms with van der Waals surface area (Å²) >= 11 is 0. The molecule has 0 aliphatic heterocycles. The normalized spacial score (nSPS) is 4.80. The van der Waals surface area contributed by atoms with E-state index in [0.717, 1.165) is 0 Å². The summed E-state index contributed by atoms with van der Waals surface area (Å²) in [5.74, 6) is 0. The SMILES string of the molecule is C=[N+]([O-])O.[K]. The van der Waals surface area contributed by atoms with Gasteiger partial charge >= 0.3 is 0 Å². The zero-order valence-electron chi connectivity index (χ0n) is 3.01. The first-order chi connectivity index (χ1) is 1.73. The molecule has 0 aromatic carbocycles. The Morgan fingerprint density at radius 3 is 1.80 bits per heavy atom. The van der Waals surface area contributed by atoms with E-state index in [9.17, 15) is 0 Å². The van der Waals surface area contributed by atoms with Crippen molar-refractivity contribution < 1.29 is 10.1 Å². The van der Waals surface area contributed by atoms with E-state index in [2.05, 4.69) is 6.72 Å². The first-order valence-corrected chi connectivity index (χ1v) is 0.699. The average Bonchev–Trinajstić information content (AvgIpc) is 0.811. The Hall–Kier alpha value is 0.906. The van der Waals surface area contributed by atoms with Gasteiger partial charge in [-0.3, -0.25) is 5.21 Å². The maximum absolute atomic E-state index is 8.81. The van der Waals surface area contributed by atoms with Gasteiger partial charge in [0.15, 0.2) is 6.72 Å². The fourth-order valence-electron chi connectivity index (χ4n) is 0. The van der Waals surface area contributed by atoms with Crippen LogP contribution >= 0.6 is 0 Å². The van der Waals surface area contributed by atoms with Gasteiger partial charge in [-0.25, -0.2) is 0 Å². The molecule has 1 N–H and O–H groups in total. The van der Waals surface area contributed by atoms with E-state index < -0.39 is 4.90 Å². The Kier molecular flexibility index (Phi) is 9.14. The quantitative estimate of drug-likeness (QED) is 0.142.